The first-order valence-electron chi connectivity index (χ1n) is 1.57. The van der Waals surface area contributed by atoms with Crippen LogP contribution in [0.15, 0.2) is 12.2 Å². The Labute approximate surface area is 47.2 Å². The first-order chi connectivity index (χ1) is 3.18. The molecule has 7 heavy (non-hydrogen) atoms. The molecular weight excluding hydrogens is 108 g/mol. The van der Waals surface area contributed by atoms with Crippen molar-refractivity contribution in [3.05, 3.63) is 12.2 Å². The van der Waals surface area contributed by atoms with Crippen LogP contribution in [-0.4, -0.2) is 4.99 Å². The number of rotatable bonds is 1. The molecule has 0 fully saturated rings. The Morgan fingerprint density at radius 2 is 2.29 bits per heavy atom. The minimum atomic E-state index is 0.0718. The lowest BCUT2D eigenvalue weighted by atomic mass is 10.3. The molecule has 0 aliphatic rings. The fourth-order valence-electron chi connectivity index (χ4n) is 0.0551. The third kappa shape index (κ3) is 1.90. The van der Waals surface area contributed by atoms with Gasteiger partial charge in [0.2, 0.25) is 0 Å². The summed E-state index contributed by atoms with van der Waals surface area (Å²) < 4.78 is 0. The molecule has 0 aliphatic heterocycles. The highest BCUT2D eigenvalue weighted by molar-refractivity contribution is 7.80. The average molecular weight is 112 g/mol. The van der Waals surface area contributed by atoms with E-state index in [-0.39, 0.29) is 10.6 Å². The van der Waals surface area contributed by atoms with Gasteiger partial charge in [0.25, 0.3) is 0 Å². The molecule has 0 rings (SSSR count). The number of nitrogens with zero attached hydrogens (tertiary/aromatic N) is 1. The van der Waals surface area contributed by atoms with Gasteiger partial charge < -0.3 is 5.73 Å². The summed E-state index contributed by atoms with van der Waals surface area (Å²) >= 11 is 4.37. The maximum absolute atomic E-state index is 7.99. The van der Waals surface area contributed by atoms with Gasteiger partial charge in [-0.05, 0) is 0 Å². The van der Waals surface area contributed by atoms with Crippen LogP contribution in [0.2, 0.25) is 0 Å². The van der Waals surface area contributed by atoms with Gasteiger partial charge in [-0.1, -0.05) is 18.8 Å². The van der Waals surface area contributed by atoms with E-state index in [1.54, 1.807) is 6.07 Å². The maximum Gasteiger partial charge on any atom is 0.114 e. The predicted molar refractivity (Wildman–Crippen MR) is 31.5 cm³/mol. The van der Waals surface area contributed by atoms with E-state index in [0.29, 0.717) is 0 Å². The zero-order valence-electron chi connectivity index (χ0n) is 3.64. The minimum absolute atomic E-state index is 0.0718. The van der Waals surface area contributed by atoms with Crippen molar-refractivity contribution >= 4 is 17.2 Å². The van der Waals surface area contributed by atoms with Crippen LogP contribution in [0.5, 0.6) is 0 Å². The Morgan fingerprint density at radius 1 is 1.86 bits per heavy atom. The molecule has 0 heterocycles. The van der Waals surface area contributed by atoms with Gasteiger partial charge in [0.05, 0.1) is 5.57 Å². The van der Waals surface area contributed by atoms with Crippen LogP contribution in [0.1, 0.15) is 0 Å². The molecule has 0 saturated heterocycles. The molecule has 0 saturated carbocycles. The fraction of sp³-hybridized carbons (Fsp3) is 0. The highest BCUT2D eigenvalue weighted by Gasteiger charge is 1.89. The summed E-state index contributed by atoms with van der Waals surface area (Å²) in [5, 5.41) is 7.99. The highest BCUT2D eigenvalue weighted by atomic mass is 32.1. The highest BCUT2D eigenvalue weighted by Crippen LogP contribution is 1.82. The quantitative estimate of drug-likeness (QED) is 0.302. The van der Waals surface area contributed by atoms with E-state index in [9.17, 15) is 0 Å². The molecule has 2 N–H and O–H groups in total. The summed E-state index contributed by atoms with van der Waals surface area (Å²) in [7, 11) is 0. The zero-order valence-corrected chi connectivity index (χ0v) is 4.46. The molecule has 3 heteroatoms. The van der Waals surface area contributed by atoms with E-state index in [1.165, 1.54) is 0 Å². The van der Waals surface area contributed by atoms with Crippen molar-refractivity contribution in [3.63, 3.8) is 0 Å². The molecule has 0 atom stereocenters. The van der Waals surface area contributed by atoms with Crippen LogP contribution < -0.4 is 5.73 Å². The number of nitrogens with two attached hydrogens (primary N) is 1. The van der Waals surface area contributed by atoms with Gasteiger partial charge in [-0.15, -0.1) is 0 Å². The van der Waals surface area contributed by atoms with Gasteiger partial charge in [-0.3, -0.25) is 0 Å². The second-order valence-electron chi connectivity index (χ2n) is 0.955. The lowest BCUT2D eigenvalue weighted by Crippen LogP contribution is -2.08. The molecule has 0 aromatic heterocycles. The number of thiocarbonyl (C=S) groups is 1. The van der Waals surface area contributed by atoms with E-state index in [1.807, 2.05) is 0 Å². The third-order valence-electron chi connectivity index (χ3n) is 0.432. The van der Waals surface area contributed by atoms with E-state index in [2.05, 4.69) is 18.8 Å². The van der Waals surface area contributed by atoms with E-state index in [0.717, 1.165) is 0 Å². The van der Waals surface area contributed by atoms with Crippen LogP contribution >= 0.6 is 12.2 Å². The minimum Gasteiger partial charge on any atom is -0.389 e. The molecule has 0 aromatic rings. The second-order valence-corrected chi connectivity index (χ2v) is 1.39. The van der Waals surface area contributed by atoms with Crippen LogP contribution in [-0.2, 0) is 0 Å². The maximum atomic E-state index is 7.99. The van der Waals surface area contributed by atoms with Crippen molar-refractivity contribution in [2.45, 2.75) is 0 Å². The van der Waals surface area contributed by atoms with E-state index < -0.39 is 0 Å². The molecule has 0 radical (unpaired) electrons. The topological polar surface area (TPSA) is 49.8 Å². The van der Waals surface area contributed by atoms with E-state index in [4.69, 9.17) is 11.0 Å². The Balaban J connectivity index is 3.90. The molecule has 0 aromatic carbocycles. The van der Waals surface area contributed by atoms with Crippen LogP contribution in [0.25, 0.3) is 0 Å². The standard InChI is InChI=1S/C4H4N2S/c1-3(2-5)4(6)7/h1H2,(H2,6,7). The Hall–Kier alpha value is -0.880. The first kappa shape index (κ1) is 6.12. The first-order valence-corrected chi connectivity index (χ1v) is 1.98. The van der Waals surface area contributed by atoms with Crippen molar-refractivity contribution in [3.8, 4) is 6.07 Å². The predicted octanol–water partition coefficient (Wildman–Crippen LogP) is 0.352. The third-order valence-corrected chi connectivity index (χ3v) is 0.679. The molecule has 0 aliphatic carbocycles. The van der Waals surface area contributed by atoms with Gasteiger partial charge in [0.15, 0.2) is 0 Å². The van der Waals surface area contributed by atoms with Crippen molar-refractivity contribution in [1.82, 2.24) is 0 Å². The molecule has 36 valence electrons. The van der Waals surface area contributed by atoms with Gasteiger partial charge in [0.1, 0.15) is 11.1 Å². The molecule has 0 unspecified atom stereocenters. The lowest BCUT2D eigenvalue weighted by Gasteiger charge is -1.83. The summed E-state index contributed by atoms with van der Waals surface area (Å²) in [6.07, 6.45) is 0. The van der Waals surface area contributed by atoms with Crippen LogP contribution in [0.4, 0.5) is 0 Å². The fourth-order valence-corrected chi connectivity index (χ4v) is 0.101. The summed E-state index contributed by atoms with van der Waals surface area (Å²) in [6, 6.07) is 1.70. The lowest BCUT2D eigenvalue weighted by molar-refractivity contribution is 1.51. The Bertz CT molecular complexity index is 142. The smallest absolute Gasteiger partial charge is 0.114 e. The summed E-state index contributed by atoms with van der Waals surface area (Å²) in [4.78, 5) is 0.0718. The zero-order chi connectivity index (χ0) is 5.86. The molecule has 0 spiro atoms. The van der Waals surface area contributed by atoms with Gasteiger partial charge in [-0.2, -0.15) is 5.26 Å². The molecule has 0 amide bonds. The summed E-state index contributed by atoms with van der Waals surface area (Å²) in [5.74, 6) is 0. The molecule has 0 bridgehead atoms. The number of hydrogen-bond acceptors (Lipinski definition) is 2. The van der Waals surface area contributed by atoms with Crippen LogP contribution in [0.3, 0.4) is 0 Å². The summed E-state index contributed by atoms with van der Waals surface area (Å²) in [5.41, 5.74) is 5.12. The number of nitriles is 1. The monoisotopic (exact) mass is 112 g/mol. The van der Waals surface area contributed by atoms with Crippen molar-refractivity contribution in [1.29, 1.82) is 5.26 Å². The normalized spacial score (nSPS) is 6.71. The Morgan fingerprint density at radius 3 is 2.29 bits per heavy atom. The van der Waals surface area contributed by atoms with Gasteiger partial charge >= 0.3 is 0 Å². The molecule has 2 nitrogen and oxygen atoms in total. The Kier molecular flexibility index (Phi) is 2.03. The van der Waals surface area contributed by atoms with Gasteiger partial charge in [0, 0.05) is 0 Å². The van der Waals surface area contributed by atoms with E-state index >= 15 is 0 Å². The number of hydrogen-bond donors (Lipinski definition) is 1. The van der Waals surface area contributed by atoms with Crippen LogP contribution in [0, 0.1) is 11.3 Å². The van der Waals surface area contributed by atoms with Crippen molar-refractivity contribution in [2.24, 2.45) is 5.73 Å². The summed E-state index contributed by atoms with van der Waals surface area (Å²) in [6.45, 7) is 3.25. The molecular formula is C4H4N2S. The SMILES string of the molecule is C=C(C#N)C(N)=S. The van der Waals surface area contributed by atoms with Gasteiger partial charge in [-0.25, -0.2) is 0 Å². The average Bonchev–Trinajstić information content (AvgIpc) is 1.65. The largest absolute Gasteiger partial charge is 0.389 e. The second kappa shape index (κ2) is 2.32. The van der Waals surface area contributed by atoms with Crippen molar-refractivity contribution < 1.29 is 0 Å². The van der Waals surface area contributed by atoms with Crippen molar-refractivity contribution in [2.75, 3.05) is 0 Å².